The maximum atomic E-state index is 11.7. The Balaban J connectivity index is 2.21. The van der Waals surface area contributed by atoms with Gasteiger partial charge >= 0.3 is 5.97 Å². The van der Waals surface area contributed by atoms with E-state index in [0.29, 0.717) is 11.6 Å². The van der Waals surface area contributed by atoms with E-state index >= 15 is 0 Å². The number of esters is 1. The fourth-order valence-corrected chi connectivity index (χ4v) is 2.08. The number of aromatic nitrogens is 2. The maximum Gasteiger partial charge on any atom is 0.328 e. The highest BCUT2D eigenvalue weighted by Crippen LogP contribution is 2.23. The van der Waals surface area contributed by atoms with Crippen LogP contribution < -0.4 is 10.6 Å². The molecule has 1 aliphatic heterocycles. The second-order valence-electron chi connectivity index (χ2n) is 4.04. The molecule has 0 aromatic carbocycles. The zero-order valence-corrected chi connectivity index (χ0v) is 9.80. The van der Waals surface area contributed by atoms with Crippen LogP contribution >= 0.6 is 0 Å². The minimum absolute atomic E-state index is 0.219. The zero-order valence-electron chi connectivity index (χ0n) is 9.80. The normalized spacial score (nSPS) is 20.1. The molecule has 92 valence electrons. The molecule has 1 aromatic heterocycles. The van der Waals surface area contributed by atoms with Gasteiger partial charge in [0.2, 0.25) is 0 Å². The van der Waals surface area contributed by atoms with Gasteiger partial charge in [0.05, 0.1) is 7.11 Å². The van der Waals surface area contributed by atoms with Crippen LogP contribution in [0.15, 0.2) is 12.1 Å². The number of rotatable bonds is 2. The van der Waals surface area contributed by atoms with E-state index in [9.17, 15) is 4.79 Å². The zero-order chi connectivity index (χ0) is 12.3. The third-order valence-corrected chi connectivity index (χ3v) is 2.94. The van der Waals surface area contributed by atoms with Gasteiger partial charge in [0.25, 0.3) is 0 Å². The van der Waals surface area contributed by atoms with E-state index in [-0.39, 0.29) is 12.0 Å². The lowest BCUT2D eigenvalue weighted by molar-refractivity contribution is -0.142. The minimum atomic E-state index is -0.258. The molecule has 0 radical (unpaired) electrons. The number of methoxy groups -OCH3 is 1. The lowest BCUT2D eigenvalue weighted by atomic mass is 10.0. The summed E-state index contributed by atoms with van der Waals surface area (Å²) in [7, 11) is 1.41. The number of hydrogen-bond donors (Lipinski definition) is 1. The van der Waals surface area contributed by atoms with Gasteiger partial charge in [0.15, 0.2) is 5.82 Å². The van der Waals surface area contributed by atoms with Crippen molar-refractivity contribution in [2.24, 2.45) is 0 Å². The van der Waals surface area contributed by atoms with Gasteiger partial charge in [-0.25, -0.2) is 4.79 Å². The van der Waals surface area contributed by atoms with Gasteiger partial charge < -0.3 is 15.4 Å². The Morgan fingerprint density at radius 1 is 1.47 bits per heavy atom. The van der Waals surface area contributed by atoms with Gasteiger partial charge in [-0.15, -0.1) is 10.2 Å². The fourth-order valence-electron chi connectivity index (χ4n) is 2.08. The number of nitrogens with two attached hydrogens (primary N) is 1. The van der Waals surface area contributed by atoms with Crippen molar-refractivity contribution >= 4 is 17.6 Å². The van der Waals surface area contributed by atoms with Crippen molar-refractivity contribution < 1.29 is 9.53 Å². The standard InChI is InChI=1S/C11H16N4O2/c1-17-11(16)8-4-2-3-7-15(8)10-6-5-9(12)13-14-10/h5-6,8H,2-4,7H2,1H3,(H2,12,13). The predicted octanol–water partition coefficient (Wildman–Crippen LogP) is 0.591. The van der Waals surface area contributed by atoms with Crippen LogP contribution in [0.2, 0.25) is 0 Å². The number of ether oxygens (including phenoxy) is 1. The second kappa shape index (κ2) is 4.99. The largest absolute Gasteiger partial charge is 0.467 e. The summed E-state index contributed by atoms with van der Waals surface area (Å²) in [6.07, 6.45) is 2.86. The van der Waals surface area contributed by atoms with Crippen LogP contribution in [0.25, 0.3) is 0 Å². The van der Waals surface area contributed by atoms with Crippen molar-refractivity contribution in [1.82, 2.24) is 10.2 Å². The van der Waals surface area contributed by atoms with E-state index in [2.05, 4.69) is 10.2 Å². The van der Waals surface area contributed by atoms with Crippen molar-refractivity contribution in [3.63, 3.8) is 0 Å². The Morgan fingerprint density at radius 3 is 2.94 bits per heavy atom. The topological polar surface area (TPSA) is 81.3 Å². The monoisotopic (exact) mass is 236 g/mol. The number of hydrogen-bond acceptors (Lipinski definition) is 6. The highest BCUT2D eigenvalue weighted by Gasteiger charge is 2.30. The number of nitrogen functional groups attached to an aromatic ring is 1. The van der Waals surface area contributed by atoms with Crippen LogP contribution in [0.5, 0.6) is 0 Å². The molecule has 6 nitrogen and oxygen atoms in total. The lowest BCUT2D eigenvalue weighted by Gasteiger charge is -2.34. The molecule has 0 saturated carbocycles. The molecule has 0 bridgehead atoms. The van der Waals surface area contributed by atoms with Crippen LogP contribution in [0.3, 0.4) is 0 Å². The van der Waals surface area contributed by atoms with Crippen LogP contribution in [0.4, 0.5) is 11.6 Å². The van der Waals surface area contributed by atoms with Crippen LogP contribution in [0, 0.1) is 0 Å². The first kappa shape index (κ1) is 11.6. The summed E-state index contributed by atoms with van der Waals surface area (Å²) in [5.41, 5.74) is 5.49. The number of carbonyl (C=O) groups is 1. The Bertz CT molecular complexity index is 393. The van der Waals surface area contributed by atoms with Crippen molar-refractivity contribution in [3.8, 4) is 0 Å². The Kier molecular flexibility index (Phi) is 3.41. The molecule has 2 N–H and O–H groups in total. The summed E-state index contributed by atoms with van der Waals surface area (Å²) < 4.78 is 4.81. The summed E-state index contributed by atoms with van der Waals surface area (Å²) in [4.78, 5) is 13.6. The molecular weight excluding hydrogens is 220 g/mol. The Labute approximate surface area is 99.8 Å². The molecule has 0 amide bonds. The van der Waals surface area contributed by atoms with Crippen LogP contribution in [0.1, 0.15) is 19.3 Å². The molecule has 2 rings (SSSR count). The second-order valence-corrected chi connectivity index (χ2v) is 4.04. The van der Waals surface area contributed by atoms with E-state index < -0.39 is 0 Å². The molecule has 1 saturated heterocycles. The molecule has 17 heavy (non-hydrogen) atoms. The molecule has 1 fully saturated rings. The summed E-state index contributed by atoms with van der Waals surface area (Å²) in [6, 6.07) is 3.21. The summed E-state index contributed by atoms with van der Waals surface area (Å²) in [5, 5.41) is 7.82. The fraction of sp³-hybridized carbons (Fsp3) is 0.545. The van der Waals surface area contributed by atoms with E-state index in [0.717, 1.165) is 25.8 Å². The average molecular weight is 236 g/mol. The van der Waals surface area contributed by atoms with E-state index in [1.54, 1.807) is 12.1 Å². The number of carbonyl (C=O) groups excluding carboxylic acids is 1. The molecule has 1 aliphatic rings. The van der Waals surface area contributed by atoms with E-state index in [1.807, 2.05) is 4.90 Å². The summed E-state index contributed by atoms with van der Waals surface area (Å²) in [5.74, 6) is 0.831. The quantitative estimate of drug-likeness (QED) is 0.757. The highest BCUT2D eigenvalue weighted by atomic mass is 16.5. The van der Waals surface area contributed by atoms with Gasteiger partial charge in [0.1, 0.15) is 11.9 Å². The summed E-state index contributed by atoms with van der Waals surface area (Å²) >= 11 is 0. The average Bonchev–Trinajstić information content (AvgIpc) is 2.39. The minimum Gasteiger partial charge on any atom is -0.467 e. The van der Waals surface area contributed by atoms with E-state index in [4.69, 9.17) is 10.5 Å². The Hall–Kier alpha value is -1.85. The smallest absolute Gasteiger partial charge is 0.328 e. The van der Waals surface area contributed by atoms with Gasteiger partial charge in [-0.05, 0) is 31.4 Å². The van der Waals surface area contributed by atoms with Crippen LogP contribution in [-0.4, -0.2) is 35.9 Å². The number of piperidine rings is 1. The van der Waals surface area contributed by atoms with Crippen molar-refractivity contribution in [2.75, 3.05) is 24.3 Å². The first-order valence-electron chi connectivity index (χ1n) is 5.66. The maximum absolute atomic E-state index is 11.7. The number of nitrogens with zero attached hydrogens (tertiary/aromatic N) is 3. The third kappa shape index (κ3) is 2.46. The molecule has 0 spiro atoms. The molecule has 0 aliphatic carbocycles. The third-order valence-electron chi connectivity index (χ3n) is 2.94. The van der Waals surface area contributed by atoms with Gasteiger partial charge in [-0.2, -0.15) is 0 Å². The molecular formula is C11H16N4O2. The van der Waals surface area contributed by atoms with Crippen molar-refractivity contribution in [3.05, 3.63) is 12.1 Å². The highest BCUT2D eigenvalue weighted by molar-refractivity contribution is 5.79. The Morgan fingerprint density at radius 2 is 2.29 bits per heavy atom. The van der Waals surface area contributed by atoms with Gasteiger partial charge in [0, 0.05) is 6.54 Å². The van der Waals surface area contributed by atoms with Crippen molar-refractivity contribution in [1.29, 1.82) is 0 Å². The number of anilines is 2. The first-order valence-corrected chi connectivity index (χ1v) is 5.66. The molecule has 1 atom stereocenters. The van der Waals surface area contributed by atoms with Crippen molar-refractivity contribution in [2.45, 2.75) is 25.3 Å². The predicted molar refractivity (Wildman–Crippen MR) is 63.4 cm³/mol. The van der Waals surface area contributed by atoms with Gasteiger partial charge in [-0.3, -0.25) is 0 Å². The SMILES string of the molecule is COC(=O)C1CCCCN1c1ccc(N)nn1. The lowest BCUT2D eigenvalue weighted by Crippen LogP contribution is -2.45. The molecule has 2 heterocycles. The molecule has 1 aromatic rings. The van der Waals surface area contributed by atoms with E-state index in [1.165, 1.54) is 7.11 Å². The molecule has 6 heteroatoms. The van der Waals surface area contributed by atoms with Gasteiger partial charge in [-0.1, -0.05) is 0 Å². The first-order chi connectivity index (χ1) is 8.22. The van der Waals surface area contributed by atoms with Crippen LogP contribution in [-0.2, 0) is 9.53 Å². The molecule has 1 unspecified atom stereocenters. The summed E-state index contributed by atoms with van der Waals surface area (Å²) in [6.45, 7) is 0.790.